The number of nitrogens with one attached hydrogen (secondary N) is 1. The van der Waals surface area contributed by atoms with E-state index in [0.29, 0.717) is 6.04 Å². The zero-order chi connectivity index (χ0) is 15.6. The van der Waals surface area contributed by atoms with Crippen molar-refractivity contribution in [1.29, 1.82) is 0 Å². The Morgan fingerprint density at radius 2 is 2.09 bits per heavy atom. The van der Waals surface area contributed by atoms with Crippen LogP contribution in [0.1, 0.15) is 30.7 Å². The van der Waals surface area contributed by atoms with Gasteiger partial charge in [0, 0.05) is 34.6 Å². The number of hydrogen-bond acceptors (Lipinski definition) is 4. The second-order valence-corrected chi connectivity index (χ2v) is 7.95. The van der Waals surface area contributed by atoms with Gasteiger partial charge in [-0.3, -0.25) is 0 Å². The van der Waals surface area contributed by atoms with Gasteiger partial charge >= 0.3 is 0 Å². The van der Waals surface area contributed by atoms with Crippen LogP contribution in [-0.4, -0.2) is 35.1 Å². The van der Waals surface area contributed by atoms with Crippen molar-refractivity contribution in [3.63, 3.8) is 0 Å². The molecule has 3 heterocycles. The highest BCUT2D eigenvalue weighted by molar-refractivity contribution is 7.09. The largest absolute Gasteiger partial charge is 0.308 e. The Labute approximate surface area is 146 Å². The predicted octanol–water partition coefficient (Wildman–Crippen LogP) is 4.18. The topological polar surface area (TPSA) is 28.2 Å². The Hall–Kier alpha value is -0.940. The number of aromatic nitrogens is 1. The molecular formula is C18H22ClN3S. The molecule has 1 aromatic heterocycles. The Bertz CT molecular complexity index is 655. The molecule has 2 unspecified atom stereocenters. The lowest BCUT2D eigenvalue weighted by atomic mass is 9.98. The molecule has 0 amide bonds. The average molecular weight is 348 g/mol. The monoisotopic (exact) mass is 347 g/mol. The fraction of sp³-hybridized carbons (Fsp3) is 0.500. The van der Waals surface area contributed by atoms with Crippen LogP contribution in [0.25, 0.3) is 11.3 Å². The molecule has 122 valence electrons. The summed E-state index contributed by atoms with van der Waals surface area (Å²) in [5, 5.41) is 7.80. The van der Waals surface area contributed by atoms with E-state index >= 15 is 0 Å². The van der Waals surface area contributed by atoms with Crippen molar-refractivity contribution in [2.75, 3.05) is 13.1 Å². The Morgan fingerprint density at radius 1 is 1.22 bits per heavy atom. The van der Waals surface area contributed by atoms with Crippen LogP contribution in [0, 0.1) is 0 Å². The summed E-state index contributed by atoms with van der Waals surface area (Å²) < 4.78 is 0. The van der Waals surface area contributed by atoms with E-state index in [4.69, 9.17) is 16.6 Å². The lowest BCUT2D eigenvalue weighted by Gasteiger charge is -2.35. The Kier molecular flexibility index (Phi) is 4.67. The third-order valence-electron chi connectivity index (χ3n) is 5.05. The van der Waals surface area contributed by atoms with E-state index in [1.807, 2.05) is 24.3 Å². The van der Waals surface area contributed by atoms with Gasteiger partial charge in [-0.25, -0.2) is 4.98 Å². The van der Waals surface area contributed by atoms with Crippen molar-refractivity contribution in [1.82, 2.24) is 15.2 Å². The smallest absolute Gasteiger partial charge is 0.107 e. The van der Waals surface area contributed by atoms with Crippen LogP contribution in [0.15, 0.2) is 29.6 Å². The van der Waals surface area contributed by atoms with Gasteiger partial charge in [0.2, 0.25) is 0 Å². The maximum absolute atomic E-state index is 5.95. The first-order chi connectivity index (χ1) is 11.3. The molecule has 2 aromatic rings. The number of piperidine rings is 1. The minimum absolute atomic E-state index is 0.650. The first-order valence-corrected chi connectivity index (χ1v) is 9.71. The van der Waals surface area contributed by atoms with Crippen LogP contribution in [0.5, 0.6) is 0 Å². The molecule has 0 aliphatic carbocycles. The van der Waals surface area contributed by atoms with Crippen LogP contribution in [0.4, 0.5) is 0 Å². The molecule has 0 saturated carbocycles. The third-order valence-corrected chi connectivity index (χ3v) is 6.15. The second-order valence-electron chi connectivity index (χ2n) is 6.57. The van der Waals surface area contributed by atoms with Gasteiger partial charge in [0.25, 0.3) is 0 Å². The molecule has 5 heteroatoms. The summed E-state index contributed by atoms with van der Waals surface area (Å²) in [7, 11) is 0. The highest BCUT2D eigenvalue weighted by Gasteiger charge is 2.31. The molecule has 2 atom stereocenters. The van der Waals surface area contributed by atoms with Crippen LogP contribution in [0.3, 0.4) is 0 Å². The summed E-state index contributed by atoms with van der Waals surface area (Å²) in [6, 6.07) is 9.38. The minimum Gasteiger partial charge on any atom is -0.308 e. The minimum atomic E-state index is 0.650. The van der Waals surface area contributed by atoms with Crippen molar-refractivity contribution in [2.45, 2.75) is 44.3 Å². The van der Waals surface area contributed by atoms with Gasteiger partial charge in [-0.1, -0.05) is 23.7 Å². The van der Waals surface area contributed by atoms with Crippen LogP contribution < -0.4 is 5.32 Å². The van der Waals surface area contributed by atoms with Gasteiger partial charge in [0.15, 0.2) is 0 Å². The van der Waals surface area contributed by atoms with Crippen molar-refractivity contribution in [3.8, 4) is 11.3 Å². The normalized spacial score (nSPS) is 24.7. The van der Waals surface area contributed by atoms with E-state index in [-0.39, 0.29) is 0 Å². The van der Waals surface area contributed by atoms with E-state index in [0.717, 1.165) is 28.9 Å². The lowest BCUT2D eigenvalue weighted by Crippen LogP contribution is -2.45. The number of thiazole rings is 1. The molecule has 2 aliphatic heterocycles. The zero-order valence-corrected chi connectivity index (χ0v) is 14.7. The third kappa shape index (κ3) is 3.61. The van der Waals surface area contributed by atoms with Gasteiger partial charge in [0.05, 0.1) is 5.69 Å². The van der Waals surface area contributed by atoms with E-state index in [9.17, 15) is 0 Å². The van der Waals surface area contributed by atoms with E-state index in [1.54, 1.807) is 11.3 Å². The average Bonchev–Trinajstić information content (AvgIpc) is 3.22. The van der Waals surface area contributed by atoms with Crippen molar-refractivity contribution in [3.05, 3.63) is 39.7 Å². The van der Waals surface area contributed by atoms with Crippen LogP contribution in [0.2, 0.25) is 5.02 Å². The molecule has 4 rings (SSSR count). The summed E-state index contributed by atoms with van der Waals surface area (Å²) in [4.78, 5) is 7.43. The number of rotatable bonds is 4. The fourth-order valence-electron chi connectivity index (χ4n) is 3.79. The molecule has 0 spiro atoms. The number of nitrogens with zero attached hydrogens (tertiary/aromatic N) is 2. The number of halogens is 1. The SMILES string of the molecule is Clc1ccc(-c2csc(CNC3CCN4CCCC4C3)n2)cc1. The first-order valence-electron chi connectivity index (χ1n) is 8.46. The summed E-state index contributed by atoms with van der Waals surface area (Å²) in [6.07, 6.45) is 5.34. The molecule has 0 bridgehead atoms. The number of fused-ring (bicyclic) bond motifs is 1. The standard InChI is InChI=1S/C18H22ClN3S/c19-14-5-3-13(4-6-14)17-12-23-18(21-17)11-20-15-7-9-22-8-1-2-16(22)10-15/h3-6,12,15-16,20H,1-2,7-11H2. The zero-order valence-electron chi connectivity index (χ0n) is 13.2. The molecule has 23 heavy (non-hydrogen) atoms. The Morgan fingerprint density at radius 3 is 2.96 bits per heavy atom. The van der Waals surface area contributed by atoms with Gasteiger partial charge in [-0.15, -0.1) is 11.3 Å². The van der Waals surface area contributed by atoms with E-state index in [1.165, 1.54) is 43.8 Å². The second kappa shape index (κ2) is 6.89. The molecule has 0 radical (unpaired) electrons. The summed E-state index contributed by atoms with van der Waals surface area (Å²) in [6.45, 7) is 3.46. The molecule has 3 nitrogen and oxygen atoms in total. The quantitative estimate of drug-likeness (QED) is 0.899. The maximum atomic E-state index is 5.95. The highest BCUT2D eigenvalue weighted by Crippen LogP contribution is 2.27. The molecule has 1 N–H and O–H groups in total. The summed E-state index contributed by atoms with van der Waals surface area (Å²) in [5.74, 6) is 0. The molecule has 1 aromatic carbocycles. The maximum Gasteiger partial charge on any atom is 0.107 e. The van der Waals surface area contributed by atoms with Gasteiger partial charge in [0.1, 0.15) is 5.01 Å². The summed E-state index contributed by atoms with van der Waals surface area (Å²) in [5.41, 5.74) is 2.19. The lowest BCUT2D eigenvalue weighted by molar-refractivity contribution is 0.166. The van der Waals surface area contributed by atoms with Crippen molar-refractivity contribution in [2.24, 2.45) is 0 Å². The van der Waals surface area contributed by atoms with E-state index in [2.05, 4.69) is 15.6 Å². The van der Waals surface area contributed by atoms with Gasteiger partial charge in [-0.2, -0.15) is 0 Å². The number of hydrogen-bond donors (Lipinski definition) is 1. The summed E-state index contributed by atoms with van der Waals surface area (Å²) >= 11 is 7.69. The van der Waals surface area contributed by atoms with Crippen molar-refractivity contribution >= 4 is 22.9 Å². The number of benzene rings is 1. The molecule has 2 fully saturated rings. The molecular weight excluding hydrogens is 326 g/mol. The van der Waals surface area contributed by atoms with Crippen molar-refractivity contribution < 1.29 is 0 Å². The first kappa shape index (κ1) is 15.6. The van der Waals surface area contributed by atoms with Crippen LogP contribution in [-0.2, 0) is 6.54 Å². The van der Waals surface area contributed by atoms with Gasteiger partial charge in [-0.05, 0) is 50.9 Å². The highest BCUT2D eigenvalue weighted by atomic mass is 35.5. The molecule has 2 saturated heterocycles. The predicted molar refractivity (Wildman–Crippen MR) is 97.0 cm³/mol. The Balaban J connectivity index is 1.34. The van der Waals surface area contributed by atoms with Crippen LogP contribution >= 0.6 is 22.9 Å². The molecule has 2 aliphatic rings. The van der Waals surface area contributed by atoms with E-state index < -0.39 is 0 Å². The van der Waals surface area contributed by atoms with Gasteiger partial charge < -0.3 is 10.2 Å². The fourth-order valence-corrected chi connectivity index (χ4v) is 4.67.